The van der Waals surface area contributed by atoms with Crippen LogP contribution >= 0.6 is 0 Å². The van der Waals surface area contributed by atoms with E-state index in [0.29, 0.717) is 18.4 Å². The van der Waals surface area contributed by atoms with E-state index in [-0.39, 0.29) is 0 Å². The third-order valence-corrected chi connectivity index (χ3v) is 4.43. The summed E-state index contributed by atoms with van der Waals surface area (Å²) in [7, 11) is 1.70. The molecule has 1 fully saturated rings. The molecule has 1 atom stereocenters. The van der Waals surface area contributed by atoms with E-state index in [4.69, 9.17) is 4.74 Å². The number of hydrogen-bond acceptors (Lipinski definition) is 2. The molecule has 106 valence electrons. The predicted molar refractivity (Wildman–Crippen MR) is 78.5 cm³/mol. The molecule has 1 N–H and O–H groups in total. The third kappa shape index (κ3) is 4.24. The molecule has 0 saturated heterocycles. The Labute approximate surface area is 116 Å². The molecule has 1 aromatic carbocycles. The zero-order valence-electron chi connectivity index (χ0n) is 12.0. The molecule has 1 aliphatic rings. The molecule has 1 aliphatic carbocycles. The second-order valence-corrected chi connectivity index (χ2v) is 5.75. The van der Waals surface area contributed by atoms with E-state index in [0.717, 1.165) is 12.2 Å². The largest absolute Gasteiger partial charge is 0.497 e. The maximum absolute atomic E-state index is 9.73. The Morgan fingerprint density at radius 2 is 1.95 bits per heavy atom. The minimum atomic E-state index is 0.307. The smallest absolute Gasteiger partial charge is 0.119 e. The zero-order chi connectivity index (χ0) is 13.5. The van der Waals surface area contributed by atoms with Gasteiger partial charge in [-0.15, -0.1) is 0 Å². The van der Waals surface area contributed by atoms with Crippen LogP contribution in [0.5, 0.6) is 5.75 Å². The van der Waals surface area contributed by atoms with Crippen molar-refractivity contribution in [2.24, 2.45) is 11.8 Å². The first-order valence-electron chi connectivity index (χ1n) is 7.57. The van der Waals surface area contributed by atoms with Gasteiger partial charge in [0.2, 0.25) is 0 Å². The van der Waals surface area contributed by atoms with Crippen molar-refractivity contribution < 1.29 is 9.84 Å². The molecule has 0 spiro atoms. The molecule has 0 heterocycles. The van der Waals surface area contributed by atoms with Crippen molar-refractivity contribution in [1.82, 2.24) is 0 Å². The van der Waals surface area contributed by atoms with Crippen LogP contribution in [0, 0.1) is 11.8 Å². The summed E-state index contributed by atoms with van der Waals surface area (Å²) in [6.07, 6.45) is 8.95. The number of aliphatic hydroxyl groups excluding tert-OH is 1. The topological polar surface area (TPSA) is 29.5 Å². The van der Waals surface area contributed by atoms with E-state index >= 15 is 0 Å². The normalized spacial score (nSPS) is 18.8. The lowest BCUT2D eigenvalue weighted by atomic mass is 9.82. The summed E-state index contributed by atoms with van der Waals surface area (Å²) in [4.78, 5) is 0. The van der Waals surface area contributed by atoms with Crippen molar-refractivity contribution in [1.29, 1.82) is 0 Å². The third-order valence-electron chi connectivity index (χ3n) is 4.43. The highest BCUT2D eigenvalue weighted by atomic mass is 16.5. The van der Waals surface area contributed by atoms with Crippen LogP contribution in [0.2, 0.25) is 0 Å². The minimum Gasteiger partial charge on any atom is -0.497 e. The lowest BCUT2D eigenvalue weighted by molar-refractivity contribution is 0.163. The fourth-order valence-corrected chi connectivity index (χ4v) is 3.26. The fourth-order valence-electron chi connectivity index (χ4n) is 3.26. The van der Waals surface area contributed by atoms with Crippen LogP contribution < -0.4 is 4.74 Å². The van der Waals surface area contributed by atoms with Crippen LogP contribution in [0.1, 0.15) is 44.1 Å². The number of benzene rings is 1. The van der Waals surface area contributed by atoms with Gasteiger partial charge in [-0.2, -0.15) is 0 Å². The quantitative estimate of drug-likeness (QED) is 0.817. The van der Waals surface area contributed by atoms with Gasteiger partial charge in [-0.05, 0) is 36.0 Å². The van der Waals surface area contributed by atoms with Crippen LogP contribution in [0.25, 0.3) is 0 Å². The first kappa shape index (κ1) is 14.4. The molecule has 1 unspecified atom stereocenters. The molecule has 19 heavy (non-hydrogen) atoms. The summed E-state index contributed by atoms with van der Waals surface area (Å²) >= 11 is 0. The van der Waals surface area contributed by atoms with Gasteiger partial charge in [0.05, 0.1) is 7.11 Å². The Morgan fingerprint density at radius 3 is 2.58 bits per heavy atom. The molecule has 0 aromatic heterocycles. The molecule has 0 bridgehead atoms. The first-order valence-corrected chi connectivity index (χ1v) is 7.57. The molecule has 2 rings (SSSR count). The summed E-state index contributed by atoms with van der Waals surface area (Å²) in [6, 6.07) is 8.25. The summed E-state index contributed by atoms with van der Waals surface area (Å²) in [6.45, 7) is 0.307. The summed E-state index contributed by atoms with van der Waals surface area (Å²) in [5.41, 5.74) is 1.28. The lowest BCUT2D eigenvalue weighted by Crippen LogP contribution is -2.20. The maximum Gasteiger partial charge on any atom is 0.119 e. The number of ether oxygens (including phenoxy) is 1. The summed E-state index contributed by atoms with van der Waals surface area (Å²) in [5, 5.41) is 9.73. The Kier molecular flexibility index (Phi) is 5.71. The molecule has 0 amide bonds. The van der Waals surface area contributed by atoms with Crippen LogP contribution in [0.4, 0.5) is 0 Å². The van der Waals surface area contributed by atoms with Gasteiger partial charge in [-0.25, -0.2) is 0 Å². The van der Waals surface area contributed by atoms with Gasteiger partial charge in [0, 0.05) is 6.61 Å². The zero-order valence-corrected chi connectivity index (χ0v) is 12.0. The Morgan fingerprint density at radius 1 is 1.21 bits per heavy atom. The number of rotatable bonds is 5. The first-order chi connectivity index (χ1) is 9.33. The highest BCUT2D eigenvalue weighted by Crippen LogP contribution is 2.31. The second-order valence-electron chi connectivity index (χ2n) is 5.75. The molecular formula is C17H26O2. The fraction of sp³-hybridized carbons (Fsp3) is 0.647. The van der Waals surface area contributed by atoms with Crippen molar-refractivity contribution in [2.75, 3.05) is 13.7 Å². The molecule has 1 saturated carbocycles. The Bertz CT molecular complexity index is 367. The van der Waals surface area contributed by atoms with Gasteiger partial charge in [-0.1, -0.05) is 50.7 Å². The SMILES string of the molecule is COc1cccc(CC(CO)C2CCCCCC2)c1. The second kappa shape index (κ2) is 7.54. The standard InChI is InChI=1S/C17H26O2/c1-19-17-10-6-7-14(12-17)11-16(13-18)15-8-4-2-3-5-9-15/h6-7,10,12,15-16,18H,2-5,8-9,11,13H2,1H3. The van der Waals surface area contributed by atoms with E-state index in [1.165, 1.54) is 44.1 Å². The lowest BCUT2D eigenvalue weighted by Gasteiger charge is -2.24. The van der Waals surface area contributed by atoms with Crippen molar-refractivity contribution in [3.8, 4) is 5.75 Å². The van der Waals surface area contributed by atoms with Crippen LogP contribution in [-0.4, -0.2) is 18.8 Å². The minimum absolute atomic E-state index is 0.307. The van der Waals surface area contributed by atoms with Crippen LogP contribution in [0.15, 0.2) is 24.3 Å². The van der Waals surface area contributed by atoms with Gasteiger partial charge in [0.1, 0.15) is 5.75 Å². The van der Waals surface area contributed by atoms with E-state index in [1.807, 2.05) is 12.1 Å². The van der Waals surface area contributed by atoms with Crippen LogP contribution in [0.3, 0.4) is 0 Å². The van der Waals surface area contributed by atoms with E-state index in [1.54, 1.807) is 7.11 Å². The Balaban J connectivity index is 2.00. The molecular weight excluding hydrogens is 236 g/mol. The highest BCUT2D eigenvalue weighted by molar-refractivity contribution is 5.28. The number of hydrogen-bond donors (Lipinski definition) is 1. The van der Waals surface area contributed by atoms with Crippen molar-refractivity contribution >= 4 is 0 Å². The molecule has 0 radical (unpaired) electrons. The average molecular weight is 262 g/mol. The van der Waals surface area contributed by atoms with Gasteiger partial charge in [-0.3, -0.25) is 0 Å². The van der Waals surface area contributed by atoms with Gasteiger partial charge in [0.15, 0.2) is 0 Å². The molecule has 2 nitrogen and oxygen atoms in total. The molecule has 2 heteroatoms. The van der Waals surface area contributed by atoms with Crippen LogP contribution in [-0.2, 0) is 6.42 Å². The van der Waals surface area contributed by atoms with Gasteiger partial charge >= 0.3 is 0 Å². The Hall–Kier alpha value is -1.02. The molecule has 1 aromatic rings. The van der Waals surface area contributed by atoms with E-state index in [2.05, 4.69) is 12.1 Å². The average Bonchev–Trinajstić information content (AvgIpc) is 2.74. The van der Waals surface area contributed by atoms with Crippen molar-refractivity contribution in [3.63, 3.8) is 0 Å². The van der Waals surface area contributed by atoms with Crippen molar-refractivity contribution in [2.45, 2.75) is 44.9 Å². The number of aliphatic hydroxyl groups is 1. The highest BCUT2D eigenvalue weighted by Gasteiger charge is 2.22. The van der Waals surface area contributed by atoms with E-state index < -0.39 is 0 Å². The van der Waals surface area contributed by atoms with E-state index in [9.17, 15) is 5.11 Å². The monoisotopic (exact) mass is 262 g/mol. The summed E-state index contributed by atoms with van der Waals surface area (Å²) < 4.78 is 5.27. The van der Waals surface area contributed by atoms with Gasteiger partial charge < -0.3 is 9.84 Å². The van der Waals surface area contributed by atoms with Crippen molar-refractivity contribution in [3.05, 3.63) is 29.8 Å². The summed E-state index contributed by atoms with van der Waals surface area (Å²) in [5.74, 6) is 2.01. The van der Waals surface area contributed by atoms with Gasteiger partial charge in [0.25, 0.3) is 0 Å². The predicted octanol–water partition coefficient (Wildman–Crippen LogP) is 3.82. The molecule has 0 aliphatic heterocycles. The number of methoxy groups -OCH3 is 1. The maximum atomic E-state index is 9.73.